The molecule has 0 bridgehead atoms. The molecule has 3 rings (SSSR count). The number of halogens is 1. The first-order chi connectivity index (χ1) is 15.3. The van der Waals surface area contributed by atoms with E-state index in [1.54, 1.807) is 10.6 Å². The number of hydrogen-bond donors (Lipinski definition) is 0. The van der Waals surface area contributed by atoms with Crippen molar-refractivity contribution < 1.29 is 17.6 Å². The van der Waals surface area contributed by atoms with Crippen LogP contribution in [0.1, 0.15) is 37.0 Å². The minimum absolute atomic E-state index is 0.135. The monoisotopic (exact) mass is 473 g/mol. The van der Waals surface area contributed by atoms with Gasteiger partial charge in [0, 0.05) is 18.7 Å². The van der Waals surface area contributed by atoms with Gasteiger partial charge >= 0.3 is 0 Å². The molecule has 1 heterocycles. The number of aromatic nitrogens is 1. The second-order valence-electron chi connectivity index (χ2n) is 7.13. The smallest absolute Gasteiger partial charge is 0.279 e. The van der Waals surface area contributed by atoms with Gasteiger partial charge in [0.15, 0.2) is 4.80 Å². The molecule has 6 nitrogen and oxygen atoms in total. The van der Waals surface area contributed by atoms with Crippen molar-refractivity contribution in [3.63, 3.8) is 0 Å². The van der Waals surface area contributed by atoms with Crippen molar-refractivity contribution in [3.05, 3.63) is 58.6 Å². The Morgan fingerprint density at radius 1 is 1.16 bits per heavy atom. The van der Waals surface area contributed by atoms with Crippen LogP contribution >= 0.6 is 11.3 Å². The van der Waals surface area contributed by atoms with Crippen LogP contribution in [0.15, 0.2) is 52.4 Å². The lowest BCUT2D eigenvalue weighted by Gasteiger charge is -2.21. The van der Waals surface area contributed by atoms with Crippen molar-refractivity contribution >= 4 is 37.5 Å². The zero-order chi connectivity index (χ0) is 23.3. The molecule has 0 N–H and O–H groups in total. The Bertz CT molecular complexity index is 1330. The first-order valence-corrected chi connectivity index (χ1v) is 12.5. The number of thiazole rings is 1. The highest BCUT2D eigenvalue weighted by Gasteiger charge is 2.23. The van der Waals surface area contributed by atoms with E-state index in [0.29, 0.717) is 40.9 Å². The fourth-order valence-electron chi connectivity index (χ4n) is 3.30. The highest BCUT2D eigenvalue weighted by molar-refractivity contribution is 7.89. The third-order valence-electron chi connectivity index (χ3n) is 4.78. The Morgan fingerprint density at radius 2 is 1.81 bits per heavy atom. The molecular weight excluding hydrogens is 449 g/mol. The van der Waals surface area contributed by atoms with E-state index in [2.05, 4.69) is 10.9 Å². The molecule has 0 aliphatic rings. The number of hydrogen-bond acceptors (Lipinski definition) is 4. The van der Waals surface area contributed by atoms with Crippen LogP contribution in [-0.2, 0) is 16.6 Å². The Morgan fingerprint density at radius 3 is 2.41 bits per heavy atom. The maximum atomic E-state index is 13.6. The summed E-state index contributed by atoms with van der Waals surface area (Å²) in [6.45, 7) is 4.91. The number of rotatable bonds is 8. The number of carbonyl (C=O) groups is 1. The van der Waals surface area contributed by atoms with Crippen molar-refractivity contribution in [2.24, 2.45) is 4.99 Å². The van der Waals surface area contributed by atoms with Crippen LogP contribution in [0.4, 0.5) is 4.39 Å². The number of carbonyl (C=O) groups excluding carboxylic acids is 1. The van der Waals surface area contributed by atoms with Gasteiger partial charge in [-0.3, -0.25) is 4.79 Å². The standard InChI is InChI=1S/C23H24FN3O3S2/c1-4-13-26(14-5-2)32(29,30)19-10-7-17(8-11-19)22(28)25-23-27(15-6-3)20-12-9-18(24)16-21(20)31-23/h3,7-12,16H,4-5,13-15H2,1-2H3. The molecule has 0 fully saturated rings. The van der Waals surface area contributed by atoms with Gasteiger partial charge in [-0.15, -0.1) is 6.42 Å². The van der Waals surface area contributed by atoms with Crippen molar-refractivity contribution in [1.82, 2.24) is 8.87 Å². The van der Waals surface area contributed by atoms with Crippen LogP contribution < -0.4 is 4.80 Å². The first kappa shape index (κ1) is 23.9. The molecule has 0 saturated heterocycles. The molecule has 0 saturated carbocycles. The summed E-state index contributed by atoms with van der Waals surface area (Å²) in [5.74, 6) is 1.59. The minimum atomic E-state index is -3.63. The second kappa shape index (κ2) is 10.2. The number of fused-ring (bicyclic) bond motifs is 1. The van der Waals surface area contributed by atoms with Crippen LogP contribution in [0.5, 0.6) is 0 Å². The third kappa shape index (κ3) is 4.99. The van der Waals surface area contributed by atoms with Crippen molar-refractivity contribution in [2.75, 3.05) is 13.1 Å². The molecule has 1 aromatic heterocycles. The summed E-state index contributed by atoms with van der Waals surface area (Å²) in [5, 5.41) is 0. The summed E-state index contributed by atoms with van der Waals surface area (Å²) in [6.07, 6.45) is 6.88. The Labute approximate surface area is 191 Å². The molecule has 0 radical (unpaired) electrons. The van der Waals surface area contributed by atoms with Crippen molar-refractivity contribution in [1.29, 1.82) is 0 Å². The van der Waals surface area contributed by atoms with Gasteiger partial charge in [-0.25, -0.2) is 12.8 Å². The molecule has 0 aliphatic carbocycles. The predicted octanol–water partition coefficient (Wildman–Crippen LogP) is 4.03. The normalized spacial score (nSPS) is 12.4. The lowest BCUT2D eigenvalue weighted by atomic mass is 10.2. The van der Waals surface area contributed by atoms with Gasteiger partial charge in [0.2, 0.25) is 10.0 Å². The lowest BCUT2D eigenvalue weighted by Crippen LogP contribution is -2.32. The van der Waals surface area contributed by atoms with Crippen LogP contribution in [0, 0.1) is 18.2 Å². The number of amides is 1. The molecule has 0 atom stereocenters. The maximum absolute atomic E-state index is 13.6. The van der Waals surface area contributed by atoms with E-state index >= 15 is 0 Å². The van der Waals surface area contributed by atoms with E-state index in [-0.39, 0.29) is 22.8 Å². The largest absolute Gasteiger partial charge is 0.305 e. The van der Waals surface area contributed by atoms with Crippen molar-refractivity contribution in [3.8, 4) is 12.3 Å². The van der Waals surface area contributed by atoms with Gasteiger partial charge in [-0.05, 0) is 55.3 Å². The van der Waals surface area contributed by atoms with Crippen LogP contribution in [0.25, 0.3) is 10.2 Å². The number of nitrogens with zero attached hydrogens (tertiary/aromatic N) is 3. The summed E-state index contributed by atoms with van der Waals surface area (Å²) in [4.78, 5) is 17.4. The molecular formula is C23H24FN3O3S2. The van der Waals surface area contributed by atoms with Gasteiger partial charge in [0.1, 0.15) is 5.82 Å². The highest BCUT2D eigenvalue weighted by atomic mass is 32.2. The molecule has 2 aromatic carbocycles. The molecule has 3 aromatic rings. The van der Waals surface area contributed by atoms with E-state index in [9.17, 15) is 17.6 Å². The van der Waals surface area contributed by atoms with Gasteiger partial charge in [0.05, 0.1) is 21.7 Å². The summed E-state index contributed by atoms with van der Waals surface area (Å²) >= 11 is 1.16. The minimum Gasteiger partial charge on any atom is -0.305 e. The van der Waals surface area contributed by atoms with Gasteiger partial charge in [-0.1, -0.05) is 31.1 Å². The van der Waals surface area contributed by atoms with E-state index < -0.39 is 15.9 Å². The first-order valence-electron chi connectivity index (χ1n) is 10.2. The Kier molecular flexibility index (Phi) is 7.61. The zero-order valence-corrected chi connectivity index (χ0v) is 19.5. The lowest BCUT2D eigenvalue weighted by molar-refractivity contribution is 0.0998. The summed E-state index contributed by atoms with van der Waals surface area (Å²) < 4.78 is 43.1. The number of sulfonamides is 1. The topological polar surface area (TPSA) is 71.7 Å². The van der Waals surface area contributed by atoms with Crippen LogP contribution in [-0.4, -0.2) is 36.3 Å². The van der Waals surface area contributed by atoms with Gasteiger partial charge < -0.3 is 4.57 Å². The summed E-state index contributed by atoms with van der Waals surface area (Å²) in [7, 11) is -3.63. The van der Waals surface area contributed by atoms with Gasteiger partial charge in [-0.2, -0.15) is 9.30 Å². The maximum Gasteiger partial charge on any atom is 0.279 e. The molecule has 0 spiro atoms. The van der Waals surface area contributed by atoms with E-state index in [0.717, 1.165) is 11.3 Å². The molecule has 32 heavy (non-hydrogen) atoms. The van der Waals surface area contributed by atoms with E-state index in [1.165, 1.54) is 40.7 Å². The SMILES string of the molecule is C#CCn1c(=NC(=O)c2ccc(S(=O)(=O)N(CCC)CCC)cc2)sc2cc(F)ccc21. The third-order valence-corrected chi connectivity index (χ3v) is 7.73. The van der Waals surface area contributed by atoms with Crippen LogP contribution in [0.3, 0.4) is 0 Å². The summed E-state index contributed by atoms with van der Waals surface area (Å²) in [5.41, 5.74) is 0.937. The zero-order valence-electron chi connectivity index (χ0n) is 17.9. The Hall–Kier alpha value is -2.80. The average Bonchev–Trinajstić information content (AvgIpc) is 3.09. The molecule has 0 unspecified atom stereocenters. The van der Waals surface area contributed by atoms with E-state index in [1.807, 2.05) is 13.8 Å². The second-order valence-corrected chi connectivity index (χ2v) is 10.1. The number of terminal acetylenes is 1. The number of benzene rings is 2. The molecule has 0 aliphatic heterocycles. The molecule has 168 valence electrons. The predicted molar refractivity (Wildman–Crippen MR) is 124 cm³/mol. The molecule has 1 amide bonds. The van der Waals surface area contributed by atoms with Gasteiger partial charge in [0.25, 0.3) is 5.91 Å². The fraction of sp³-hybridized carbons (Fsp3) is 0.304. The van der Waals surface area contributed by atoms with Crippen LogP contribution in [0.2, 0.25) is 0 Å². The highest BCUT2D eigenvalue weighted by Crippen LogP contribution is 2.20. The van der Waals surface area contributed by atoms with E-state index in [4.69, 9.17) is 6.42 Å². The summed E-state index contributed by atoms with van der Waals surface area (Å²) in [6, 6.07) is 10.0. The average molecular weight is 474 g/mol. The molecule has 9 heteroatoms. The Balaban J connectivity index is 1.95. The quantitative estimate of drug-likeness (QED) is 0.464. The fourth-order valence-corrected chi connectivity index (χ4v) is 5.97. The van der Waals surface area contributed by atoms with Crippen molar-refractivity contribution in [2.45, 2.75) is 38.1 Å².